The lowest BCUT2D eigenvalue weighted by atomic mass is 10.2. The fourth-order valence-corrected chi connectivity index (χ4v) is 1.23. The van der Waals surface area contributed by atoms with Crippen molar-refractivity contribution in [1.29, 1.82) is 0 Å². The Morgan fingerprint density at radius 2 is 1.87 bits per heavy atom. The smallest absolute Gasteiger partial charge is 0.214 e. The van der Waals surface area contributed by atoms with Gasteiger partial charge in [0.25, 0.3) is 0 Å². The van der Waals surface area contributed by atoms with E-state index < -0.39 is 0 Å². The number of benzene rings is 1. The number of nitrogens with zero attached hydrogens (tertiary/aromatic N) is 2. The molecule has 0 bridgehead atoms. The monoisotopic (exact) mass is 222 g/mol. The second kappa shape index (κ2) is 5.31. The molecular formula is C10H14N4S. The summed E-state index contributed by atoms with van der Waals surface area (Å²) in [7, 11) is 0. The Hall–Kier alpha value is -1.62. The zero-order valence-electron chi connectivity index (χ0n) is 8.77. The van der Waals surface area contributed by atoms with E-state index in [1.165, 1.54) is 4.68 Å². The highest BCUT2D eigenvalue weighted by Crippen LogP contribution is 2.13. The van der Waals surface area contributed by atoms with Crippen LogP contribution >= 0.6 is 12.2 Å². The van der Waals surface area contributed by atoms with Crippen LogP contribution in [0.3, 0.4) is 0 Å². The minimum Gasteiger partial charge on any atom is -0.335 e. The molecule has 0 aliphatic rings. The number of H-pyrrole nitrogens is 1. The maximum atomic E-state index is 5.65. The van der Waals surface area contributed by atoms with Gasteiger partial charge < -0.3 is 5.84 Å². The summed E-state index contributed by atoms with van der Waals surface area (Å²) in [4.78, 5) is 0. The fraction of sp³-hybridized carbons (Fsp3) is 0.200. The fourth-order valence-electron chi connectivity index (χ4n) is 1.10. The molecule has 0 aliphatic heterocycles. The number of aromatic nitrogens is 3. The first-order valence-electron chi connectivity index (χ1n) is 4.77. The van der Waals surface area contributed by atoms with Gasteiger partial charge in [0.1, 0.15) is 0 Å². The normalized spacial score (nSPS) is 9.20. The van der Waals surface area contributed by atoms with Gasteiger partial charge >= 0.3 is 0 Å². The largest absolute Gasteiger partial charge is 0.335 e. The molecule has 1 aromatic carbocycles. The number of hydrogen-bond donors (Lipinski definition) is 2. The Bertz CT molecular complexity index is 458. The van der Waals surface area contributed by atoms with Crippen LogP contribution in [0.15, 0.2) is 30.3 Å². The van der Waals surface area contributed by atoms with Crippen molar-refractivity contribution in [3.63, 3.8) is 0 Å². The van der Waals surface area contributed by atoms with Gasteiger partial charge in [0, 0.05) is 5.56 Å². The lowest BCUT2D eigenvalue weighted by Gasteiger charge is -1.98. The molecule has 2 rings (SSSR count). The van der Waals surface area contributed by atoms with Gasteiger partial charge in [-0.2, -0.15) is 5.10 Å². The zero-order valence-corrected chi connectivity index (χ0v) is 9.58. The predicted octanol–water partition coefficient (Wildman–Crippen LogP) is 2.35. The van der Waals surface area contributed by atoms with Crippen LogP contribution in [0.5, 0.6) is 0 Å². The lowest BCUT2D eigenvalue weighted by Crippen LogP contribution is -2.09. The molecular weight excluding hydrogens is 208 g/mol. The van der Waals surface area contributed by atoms with E-state index in [1.54, 1.807) is 0 Å². The first-order valence-corrected chi connectivity index (χ1v) is 5.18. The Balaban J connectivity index is 0.000000531. The quantitative estimate of drug-likeness (QED) is 0.575. The Kier molecular flexibility index (Phi) is 4.05. The third-order valence-electron chi connectivity index (χ3n) is 1.74. The summed E-state index contributed by atoms with van der Waals surface area (Å²) in [5, 5.41) is 6.63. The summed E-state index contributed by atoms with van der Waals surface area (Å²) in [5.41, 5.74) is 0.942. The molecule has 0 spiro atoms. The van der Waals surface area contributed by atoms with Crippen molar-refractivity contribution in [3.8, 4) is 11.4 Å². The molecule has 4 nitrogen and oxygen atoms in total. The number of hydrogen-bond acceptors (Lipinski definition) is 3. The van der Waals surface area contributed by atoms with Crippen molar-refractivity contribution in [1.82, 2.24) is 14.9 Å². The van der Waals surface area contributed by atoms with Crippen LogP contribution in [0, 0.1) is 4.77 Å². The number of nitrogens with one attached hydrogen (secondary N) is 1. The SMILES string of the molecule is CC.Nn1c(-c2ccccc2)n[nH]c1=S. The third kappa shape index (κ3) is 2.44. The molecule has 0 aliphatic carbocycles. The van der Waals surface area contributed by atoms with Crippen molar-refractivity contribution in [2.75, 3.05) is 5.84 Å². The minimum atomic E-state index is 0.416. The standard InChI is InChI=1S/C8H8N4S.C2H6/c9-12-7(10-11-8(12)13)6-4-2-1-3-5-6;1-2/h1-5H,9H2,(H,11,13);1-2H3. The van der Waals surface area contributed by atoms with Crippen LogP contribution in [0.4, 0.5) is 0 Å². The van der Waals surface area contributed by atoms with Gasteiger partial charge in [-0.15, -0.1) is 0 Å². The van der Waals surface area contributed by atoms with E-state index in [9.17, 15) is 0 Å². The summed E-state index contributed by atoms with van der Waals surface area (Å²) < 4.78 is 1.77. The molecule has 5 heteroatoms. The molecule has 0 amide bonds. The lowest BCUT2D eigenvalue weighted by molar-refractivity contribution is 0.984. The Labute approximate surface area is 93.7 Å². The molecule has 1 heterocycles. The Morgan fingerprint density at radius 3 is 2.33 bits per heavy atom. The highest BCUT2D eigenvalue weighted by Gasteiger charge is 2.03. The maximum Gasteiger partial charge on any atom is 0.214 e. The van der Waals surface area contributed by atoms with E-state index in [0.29, 0.717) is 10.6 Å². The summed E-state index contributed by atoms with van der Waals surface area (Å²) in [5.74, 6) is 6.30. The molecule has 0 atom stereocenters. The number of nitrogens with two attached hydrogens (primary N) is 1. The van der Waals surface area contributed by atoms with E-state index in [0.717, 1.165) is 5.56 Å². The third-order valence-corrected chi connectivity index (χ3v) is 2.02. The zero-order chi connectivity index (χ0) is 11.3. The number of aromatic amines is 1. The highest BCUT2D eigenvalue weighted by molar-refractivity contribution is 7.71. The molecule has 15 heavy (non-hydrogen) atoms. The van der Waals surface area contributed by atoms with Crippen LogP contribution in [0.2, 0.25) is 0 Å². The van der Waals surface area contributed by atoms with Crippen molar-refractivity contribution in [2.45, 2.75) is 13.8 Å². The first kappa shape index (κ1) is 11.5. The second-order valence-corrected chi connectivity index (χ2v) is 2.98. The van der Waals surface area contributed by atoms with Gasteiger partial charge in [-0.1, -0.05) is 44.2 Å². The molecule has 0 unspecified atom stereocenters. The molecule has 1 aromatic heterocycles. The van der Waals surface area contributed by atoms with Crippen LogP contribution < -0.4 is 5.84 Å². The average Bonchev–Trinajstić information content (AvgIpc) is 2.64. The van der Waals surface area contributed by atoms with Crippen LogP contribution in [-0.2, 0) is 0 Å². The summed E-state index contributed by atoms with van der Waals surface area (Å²) >= 11 is 4.89. The van der Waals surface area contributed by atoms with Gasteiger partial charge in [0.15, 0.2) is 5.82 Å². The minimum absolute atomic E-state index is 0.416. The van der Waals surface area contributed by atoms with Crippen molar-refractivity contribution in [2.24, 2.45) is 0 Å². The summed E-state index contributed by atoms with van der Waals surface area (Å²) in [6.07, 6.45) is 0. The Morgan fingerprint density at radius 1 is 1.27 bits per heavy atom. The van der Waals surface area contributed by atoms with Crippen LogP contribution in [-0.4, -0.2) is 14.9 Å². The van der Waals surface area contributed by atoms with Gasteiger partial charge in [0.05, 0.1) is 0 Å². The molecule has 0 saturated carbocycles. The number of rotatable bonds is 1. The molecule has 3 N–H and O–H groups in total. The second-order valence-electron chi connectivity index (χ2n) is 2.59. The molecule has 2 aromatic rings. The van der Waals surface area contributed by atoms with E-state index in [-0.39, 0.29) is 0 Å². The van der Waals surface area contributed by atoms with Crippen molar-refractivity contribution in [3.05, 3.63) is 35.1 Å². The molecule has 80 valence electrons. The van der Waals surface area contributed by atoms with E-state index in [4.69, 9.17) is 18.1 Å². The molecule has 0 fully saturated rings. The summed E-state index contributed by atoms with van der Waals surface area (Å²) in [6.45, 7) is 4.00. The first-order chi connectivity index (χ1) is 7.29. The highest BCUT2D eigenvalue weighted by atomic mass is 32.1. The van der Waals surface area contributed by atoms with Gasteiger partial charge in [-0.3, -0.25) is 0 Å². The predicted molar refractivity (Wildman–Crippen MR) is 64.3 cm³/mol. The van der Waals surface area contributed by atoms with Gasteiger partial charge in [-0.05, 0) is 12.2 Å². The summed E-state index contributed by atoms with van der Waals surface area (Å²) in [6, 6.07) is 9.63. The van der Waals surface area contributed by atoms with E-state index in [1.807, 2.05) is 44.2 Å². The average molecular weight is 222 g/mol. The maximum absolute atomic E-state index is 5.65. The number of nitrogen functional groups attached to an aromatic ring is 1. The van der Waals surface area contributed by atoms with Crippen molar-refractivity contribution >= 4 is 12.2 Å². The van der Waals surface area contributed by atoms with Crippen LogP contribution in [0.25, 0.3) is 11.4 Å². The topological polar surface area (TPSA) is 59.6 Å². The molecule has 0 radical (unpaired) electrons. The molecule has 0 saturated heterocycles. The van der Waals surface area contributed by atoms with Gasteiger partial charge in [0.2, 0.25) is 4.77 Å². The van der Waals surface area contributed by atoms with Crippen LogP contribution in [0.1, 0.15) is 13.8 Å². The van der Waals surface area contributed by atoms with E-state index >= 15 is 0 Å². The van der Waals surface area contributed by atoms with Gasteiger partial charge in [-0.25, -0.2) is 9.77 Å². The van der Waals surface area contributed by atoms with Crippen molar-refractivity contribution < 1.29 is 0 Å². The van der Waals surface area contributed by atoms with E-state index in [2.05, 4.69) is 10.2 Å².